The van der Waals surface area contributed by atoms with Crippen LogP contribution >= 0.6 is 19.7 Å². The summed E-state index contributed by atoms with van der Waals surface area (Å²) >= 11 is 0. The first-order valence-electron chi connectivity index (χ1n) is 4.68. The van der Waals surface area contributed by atoms with E-state index in [-0.39, 0.29) is 38.8 Å². The molecule has 90 valence electrons. The fourth-order valence-electron chi connectivity index (χ4n) is 1.70. The van der Waals surface area contributed by atoms with E-state index in [1.54, 1.807) is 0 Å². The Bertz CT molecular complexity index is 96.4. The first kappa shape index (κ1) is 17.0. The van der Waals surface area contributed by atoms with Crippen molar-refractivity contribution in [3.05, 3.63) is 0 Å². The molecule has 0 amide bonds. The predicted octanol–water partition coefficient (Wildman–Crippen LogP) is -0.873. The van der Waals surface area contributed by atoms with Crippen molar-refractivity contribution in [2.24, 2.45) is 0 Å². The van der Waals surface area contributed by atoms with Crippen molar-refractivity contribution in [2.75, 3.05) is 51.1 Å². The average molecular weight is 249 g/mol. The van der Waals surface area contributed by atoms with Gasteiger partial charge in [0.2, 0.25) is 0 Å². The van der Waals surface area contributed by atoms with Crippen LogP contribution in [0.4, 0.5) is 0 Å². The molecule has 0 heterocycles. The van der Waals surface area contributed by atoms with E-state index in [4.69, 9.17) is 20.4 Å². The maximum atomic E-state index is 8.87. The van der Waals surface area contributed by atoms with Crippen molar-refractivity contribution in [1.82, 2.24) is 0 Å². The van der Waals surface area contributed by atoms with Crippen LogP contribution in [0.15, 0.2) is 0 Å². The Morgan fingerprint density at radius 2 is 0.786 bits per heavy atom. The molecule has 0 aromatic rings. The molecule has 0 aromatic carbocycles. The molecule has 0 fully saturated rings. The minimum absolute atomic E-state index is 0. The summed E-state index contributed by atoms with van der Waals surface area (Å²) in [5.74, 6) is 0. The molecule has 14 heavy (non-hydrogen) atoms. The Balaban J connectivity index is 0. The van der Waals surface area contributed by atoms with Gasteiger partial charge in [0, 0.05) is 0 Å². The van der Waals surface area contributed by atoms with Crippen LogP contribution in [-0.4, -0.2) is 71.5 Å². The zero-order chi connectivity index (χ0) is 10.2. The normalized spacial score (nSPS) is 12.3. The van der Waals surface area contributed by atoms with Gasteiger partial charge in [-0.15, -0.1) is 12.4 Å². The summed E-state index contributed by atoms with van der Waals surface area (Å²) in [6.07, 6.45) is 2.65. The number of halogens is 1. The van der Waals surface area contributed by atoms with Gasteiger partial charge in [0.15, 0.2) is 0 Å². The summed E-state index contributed by atoms with van der Waals surface area (Å²) < 4.78 is 0. The average Bonchev–Trinajstić information content (AvgIpc) is 2.06. The van der Waals surface area contributed by atoms with Gasteiger partial charge in [-0.1, -0.05) is 0 Å². The molecule has 0 spiro atoms. The summed E-state index contributed by atoms with van der Waals surface area (Å²) in [7, 11) is -1.80. The first-order valence-corrected chi connectivity index (χ1v) is 7.51. The number of rotatable bonds is 8. The van der Waals surface area contributed by atoms with Gasteiger partial charge in [0.05, 0.1) is 0 Å². The molecule has 0 atom stereocenters. The second-order valence-electron chi connectivity index (χ2n) is 3.39. The van der Waals surface area contributed by atoms with Gasteiger partial charge < -0.3 is 0 Å². The molecule has 0 rings (SSSR count). The molecule has 6 heteroatoms. The van der Waals surface area contributed by atoms with Crippen LogP contribution in [0.25, 0.3) is 0 Å². The fraction of sp³-hybridized carbons (Fsp3) is 1.00. The van der Waals surface area contributed by atoms with Gasteiger partial charge >= 0.3 is 78.8 Å². The third kappa shape index (κ3) is 6.12. The van der Waals surface area contributed by atoms with E-state index < -0.39 is 7.26 Å². The van der Waals surface area contributed by atoms with E-state index in [2.05, 4.69) is 0 Å². The van der Waals surface area contributed by atoms with Crippen molar-refractivity contribution >= 4 is 19.7 Å². The molecule has 0 saturated carbocycles. The third-order valence-electron chi connectivity index (χ3n) is 2.57. The molecule has 0 unspecified atom stereocenters. The fourth-order valence-corrected chi connectivity index (χ4v) is 5.10. The second-order valence-corrected chi connectivity index (χ2v) is 8.39. The van der Waals surface area contributed by atoms with E-state index in [1.165, 1.54) is 0 Å². The molecule has 0 aromatic heterocycles. The molecule has 4 N–H and O–H groups in total. The van der Waals surface area contributed by atoms with Crippen molar-refractivity contribution in [2.45, 2.75) is 0 Å². The van der Waals surface area contributed by atoms with Crippen molar-refractivity contribution in [1.29, 1.82) is 0 Å². The zero-order valence-electron chi connectivity index (χ0n) is 8.35. The Morgan fingerprint density at radius 1 is 0.571 bits per heavy atom. The van der Waals surface area contributed by atoms with Crippen molar-refractivity contribution < 1.29 is 20.4 Å². The topological polar surface area (TPSA) is 80.9 Å². The minimum atomic E-state index is -1.80. The van der Waals surface area contributed by atoms with Gasteiger partial charge in [0.1, 0.15) is 0 Å². The van der Waals surface area contributed by atoms with Gasteiger partial charge in [-0.05, 0) is 0 Å². The SMILES string of the molecule is Cl.OCC[PH](CCO)(CCO)CCO. The monoisotopic (exact) mass is 248 g/mol. The molecule has 0 aliphatic carbocycles. The van der Waals surface area contributed by atoms with Crippen LogP contribution in [0.5, 0.6) is 0 Å². The number of hydrogen-bond donors (Lipinski definition) is 4. The standard InChI is InChI=1S/C8H21O4P.ClH/c9-1-5-13(6-2-10,7-3-11)8-4-12;/h9-13H,1-8H2;1H. The summed E-state index contributed by atoms with van der Waals surface area (Å²) in [6.45, 7) is 0.358. The quantitative estimate of drug-likeness (QED) is 0.421. The van der Waals surface area contributed by atoms with Gasteiger partial charge in [0.25, 0.3) is 0 Å². The van der Waals surface area contributed by atoms with Crippen LogP contribution in [0.2, 0.25) is 0 Å². The maximum absolute atomic E-state index is 8.87. The number of aliphatic hydroxyl groups excluding tert-OH is 4. The zero-order valence-corrected chi connectivity index (χ0v) is 10.2. The molecule has 0 bridgehead atoms. The van der Waals surface area contributed by atoms with E-state index in [0.29, 0.717) is 24.6 Å². The Labute approximate surface area is 91.7 Å². The molecule has 0 radical (unpaired) electrons. The Morgan fingerprint density at radius 3 is 0.929 bits per heavy atom. The van der Waals surface area contributed by atoms with Crippen LogP contribution in [0, 0.1) is 0 Å². The van der Waals surface area contributed by atoms with E-state index in [9.17, 15) is 0 Å². The van der Waals surface area contributed by atoms with E-state index >= 15 is 0 Å². The van der Waals surface area contributed by atoms with Crippen LogP contribution in [0.1, 0.15) is 0 Å². The molecular formula is C8H22ClO4P. The van der Waals surface area contributed by atoms with E-state index in [0.717, 1.165) is 0 Å². The summed E-state index contributed by atoms with van der Waals surface area (Å²) in [5, 5.41) is 35.5. The molecule has 0 aliphatic rings. The molecule has 0 saturated heterocycles. The van der Waals surface area contributed by atoms with Gasteiger partial charge in [-0.2, -0.15) is 0 Å². The molecule has 4 nitrogen and oxygen atoms in total. The van der Waals surface area contributed by atoms with Crippen LogP contribution in [-0.2, 0) is 0 Å². The van der Waals surface area contributed by atoms with Gasteiger partial charge in [-0.25, -0.2) is 0 Å². The van der Waals surface area contributed by atoms with Crippen LogP contribution in [0.3, 0.4) is 0 Å². The predicted molar refractivity (Wildman–Crippen MR) is 63.4 cm³/mol. The first-order chi connectivity index (χ1) is 6.24. The molecule has 0 aliphatic heterocycles. The third-order valence-corrected chi connectivity index (χ3v) is 7.71. The Kier molecular flexibility index (Phi) is 12.2. The summed E-state index contributed by atoms with van der Waals surface area (Å²) in [6, 6.07) is 0. The van der Waals surface area contributed by atoms with E-state index in [1.807, 2.05) is 0 Å². The van der Waals surface area contributed by atoms with Gasteiger partial charge in [-0.3, -0.25) is 0 Å². The summed E-state index contributed by atoms with van der Waals surface area (Å²) in [4.78, 5) is 0. The number of aliphatic hydroxyl groups is 4. The molecular weight excluding hydrogens is 227 g/mol. The van der Waals surface area contributed by atoms with Crippen molar-refractivity contribution in [3.8, 4) is 0 Å². The Hall–Kier alpha value is 0.560. The number of hydrogen-bond acceptors (Lipinski definition) is 4. The van der Waals surface area contributed by atoms with Crippen LogP contribution < -0.4 is 0 Å². The van der Waals surface area contributed by atoms with Crippen molar-refractivity contribution in [3.63, 3.8) is 0 Å². The summed E-state index contributed by atoms with van der Waals surface area (Å²) in [5.41, 5.74) is 0. The second kappa shape index (κ2) is 10.1.